The van der Waals surface area contributed by atoms with Crippen LogP contribution < -0.4 is 0 Å². The number of nitrogens with zero attached hydrogens (tertiary/aromatic N) is 2. The van der Waals surface area contributed by atoms with Crippen LogP contribution in [0.25, 0.3) is 0 Å². The lowest BCUT2D eigenvalue weighted by Crippen LogP contribution is -2.44. The largest absolute Gasteiger partial charge is 0.393 e. The van der Waals surface area contributed by atoms with Gasteiger partial charge in [0.25, 0.3) is 0 Å². The van der Waals surface area contributed by atoms with Gasteiger partial charge in [-0.3, -0.25) is 9.59 Å². The highest BCUT2D eigenvalue weighted by Gasteiger charge is 2.42. The van der Waals surface area contributed by atoms with E-state index in [1.54, 1.807) is 11.0 Å². The van der Waals surface area contributed by atoms with Crippen LogP contribution in [-0.2, 0) is 9.59 Å². The summed E-state index contributed by atoms with van der Waals surface area (Å²) in [7, 11) is 0. The number of carbonyl (C=O) groups excluding carboxylic acids is 2. The van der Waals surface area contributed by atoms with E-state index in [2.05, 4.69) is 0 Å². The molecular weight excluding hydrogens is 488 g/mol. The average Bonchev–Trinajstić information content (AvgIpc) is 3.45. The Morgan fingerprint density at radius 3 is 1.78 bits per heavy atom. The maximum atomic E-state index is 13.3. The van der Waals surface area contributed by atoms with Gasteiger partial charge < -0.3 is 14.9 Å². The van der Waals surface area contributed by atoms with E-state index in [-0.39, 0.29) is 29.9 Å². The summed E-state index contributed by atoms with van der Waals surface area (Å²) in [6.07, 6.45) is 6.07. The Hall–Kier alpha value is -2.94. The van der Waals surface area contributed by atoms with E-state index in [1.807, 2.05) is 4.90 Å². The second-order valence-corrected chi connectivity index (χ2v) is 10.4. The topological polar surface area (TPSA) is 60.9 Å². The number of fused-ring (bicyclic) bond motifs is 2. The van der Waals surface area contributed by atoms with E-state index in [0.29, 0.717) is 42.9 Å². The Labute approximate surface area is 213 Å². The zero-order valence-electron chi connectivity index (χ0n) is 20.4. The molecule has 5 atom stereocenters. The van der Waals surface area contributed by atoms with Gasteiger partial charge in [-0.1, -0.05) is 12.1 Å². The minimum absolute atomic E-state index is 0.0226. The van der Waals surface area contributed by atoms with E-state index in [1.165, 1.54) is 12.1 Å². The molecule has 4 aliphatic heterocycles. The van der Waals surface area contributed by atoms with Gasteiger partial charge in [-0.05, 0) is 80.3 Å². The molecule has 4 heterocycles. The van der Waals surface area contributed by atoms with Crippen molar-refractivity contribution >= 4 is 11.8 Å². The van der Waals surface area contributed by atoms with Crippen molar-refractivity contribution in [3.05, 3.63) is 70.8 Å². The fraction of sp³-hybridized carbons (Fsp3) is 0.500. The Morgan fingerprint density at radius 2 is 1.19 bits per heavy atom. The van der Waals surface area contributed by atoms with Gasteiger partial charge in [0.2, 0.25) is 11.8 Å². The summed E-state index contributed by atoms with van der Waals surface area (Å²) in [6, 6.07) is 7.55. The van der Waals surface area contributed by atoms with Crippen LogP contribution in [0.1, 0.15) is 81.0 Å². The van der Waals surface area contributed by atoms with Crippen molar-refractivity contribution in [1.29, 1.82) is 0 Å². The summed E-state index contributed by atoms with van der Waals surface area (Å²) in [4.78, 5) is 27.5. The summed E-state index contributed by atoms with van der Waals surface area (Å²) >= 11 is 0. The summed E-state index contributed by atoms with van der Waals surface area (Å²) in [5, 5.41) is 9.89. The smallest absolute Gasteiger partial charge is 0.223 e. The van der Waals surface area contributed by atoms with E-state index in [9.17, 15) is 32.3 Å². The van der Waals surface area contributed by atoms with Gasteiger partial charge in [-0.25, -0.2) is 17.6 Å². The van der Waals surface area contributed by atoms with Gasteiger partial charge in [0.05, 0.1) is 18.2 Å². The molecule has 9 heteroatoms. The Morgan fingerprint density at radius 1 is 0.649 bits per heavy atom. The lowest BCUT2D eigenvalue weighted by atomic mass is 9.90. The molecule has 2 aromatic rings. The van der Waals surface area contributed by atoms with Gasteiger partial charge in [0.1, 0.15) is 0 Å². The van der Waals surface area contributed by atoms with Crippen LogP contribution in [0.5, 0.6) is 0 Å². The highest BCUT2D eigenvalue weighted by atomic mass is 19.2. The minimum atomic E-state index is -0.916. The number of carbonyl (C=O) groups is 2. The number of amides is 2. The first kappa shape index (κ1) is 25.7. The molecule has 5 unspecified atom stereocenters. The Balaban J connectivity index is 0.000000152. The number of halogens is 4. The van der Waals surface area contributed by atoms with E-state index < -0.39 is 29.4 Å². The van der Waals surface area contributed by atoms with Gasteiger partial charge in [-0.15, -0.1) is 0 Å². The number of rotatable bonds is 2. The van der Waals surface area contributed by atoms with Gasteiger partial charge in [0.15, 0.2) is 23.3 Å². The van der Waals surface area contributed by atoms with Crippen molar-refractivity contribution < 1.29 is 32.3 Å². The highest BCUT2D eigenvalue weighted by molar-refractivity contribution is 5.80. The van der Waals surface area contributed by atoms with Crippen molar-refractivity contribution in [1.82, 2.24) is 9.80 Å². The van der Waals surface area contributed by atoms with E-state index in [4.69, 9.17) is 0 Å². The van der Waals surface area contributed by atoms with Crippen molar-refractivity contribution in [3.63, 3.8) is 0 Å². The second kappa shape index (κ2) is 10.4. The van der Waals surface area contributed by atoms with Crippen LogP contribution in [0.4, 0.5) is 17.6 Å². The van der Waals surface area contributed by atoms with Gasteiger partial charge >= 0.3 is 0 Å². The van der Waals surface area contributed by atoms with Crippen LogP contribution in [0.15, 0.2) is 36.4 Å². The monoisotopic (exact) mass is 518 g/mol. The van der Waals surface area contributed by atoms with E-state index >= 15 is 0 Å². The molecule has 6 rings (SSSR count). The molecule has 0 saturated carbocycles. The molecule has 4 fully saturated rings. The SMILES string of the molecule is O=C1CCC2CC(O)CC(c3ccc(F)c(F)c3)N12.O=C1CCC2CCCC(c3ccc(F)c(F)c3)N12. The lowest BCUT2D eigenvalue weighted by Gasteiger charge is -2.40. The molecule has 37 heavy (non-hydrogen) atoms. The molecule has 0 radical (unpaired) electrons. The molecule has 198 valence electrons. The molecule has 2 aromatic carbocycles. The van der Waals surface area contributed by atoms with Gasteiger partial charge in [0, 0.05) is 24.9 Å². The molecule has 4 aliphatic rings. The zero-order chi connectivity index (χ0) is 26.3. The predicted molar refractivity (Wildman–Crippen MR) is 127 cm³/mol. The Kier molecular flexibility index (Phi) is 7.25. The fourth-order valence-electron chi connectivity index (χ4n) is 6.43. The van der Waals surface area contributed by atoms with Gasteiger partial charge in [-0.2, -0.15) is 0 Å². The van der Waals surface area contributed by atoms with Crippen LogP contribution in [-0.4, -0.2) is 44.9 Å². The quantitative estimate of drug-likeness (QED) is 0.547. The number of benzene rings is 2. The maximum Gasteiger partial charge on any atom is 0.223 e. The molecule has 5 nitrogen and oxygen atoms in total. The number of hydrogen-bond acceptors (Lipinski definition) is 3. The van der Waals surface area contributed by atoms with Crippen molar-refractivity contribution in [2.24, 2.45) is 0 Å². The zero-order valence-corrected chi connectivity index (χ0v) is 20.4. The predicted octanol–water partition coefficient (Wildman–Crippen LogP) is 5.33. The van der Waals surface area contributed by atoms with Crippen LogP contribution in [0.2, 0.25) is 0 Å². The summed E-state index contributed by atoms with van der Waals surface area (Å²) in [5.41, 5.74) is 1.27. The molecule has 0 spiro atoms. The average molecular weight is 519 g/mol. The molecule has 1 N–H and O–H groups in total. The third-order valence-electron chi connectivity index (χ3n) is 8.13. The number of aliphatic hydroxyl groups is 1. The molecule has 0 bridgehead atoms. The molecule has 0 aromatic heterocycles. The fourth-order valence-corrected chi connectivity index (χ4v) is 6.43. The van der Waals surface area contributed by atoms with E-state index in [0.717, 1.165) is 50.3 Å². The molecule has 2 amide bonds. The first-order valence-electron chi connectivity index (χ1n) is 12.9. The summed E-state index contributed by atoms with van der Waals surface area (Å²) in [5.74, 6) is -3.30. The number of hydrogen-bond donors (Lipinski definition) is 1. The number of aliphatic hydroxyl groups excluding tert-OH is 1. The van der Waals surface area contributed by atoms with Crippen molar-refractivity contribution in [3.8, 4) is 0 Å². The highest BCUT2D eigenvalue weighted by Crippen LogP contribution is 2.41. The molecule has 4 saturated heterocycles. The Bertz CT molecular complexity index is 1190. The van der Waals surface area contributed by atoms with Crippen molar-refractivity contribution in [2.45, 2.75) is 88.1 Å². The normalized spacial score (nSPS) is 29.1. The third-order valence-corrected chi connectivity index (χ3v) is 8.13. The molecule has 0 aliphatic carbocycles. The second-order valence-electron chi connectivity index (χ2n) is 10.4. The first-order chi connectivity index (χ1) is 17.7. The van der Waals surface area contributed by atoms with Crippen molar-refractivity contribution in [2.75, 3.05) is 0 Å². The minimum Gasteiger partial charge on any atom is -0.393 e. The third kappa shape index (κ3) is 5.10. The standard InChI is InChI=1S/C14H15F2NO2.C14H15F2NO/c15-11-3-1-8(5-12(11)16)13-7-10(18)6-9-2-4-14(19)17(9)13;15-11-6-4-9(8-12(11)16)13-3-1-2-10-5-7-14(18)17(10)13/h1,3,5,9-10,13,18H,2,4,6-7H2;4,6,8,10,13H,1-3,5,7H2. The van der Waals surface area contributed by atoms with Crippen LogP contribution in [0.3, 0.4) is 0 Å². The lowest BCUT2D eigenvalue weighted by molar-refractivity contribution is -0.135. The molecular formula is C28H30F4N2O3. The number of piperidine rings is 2. The summed E-state index contributed by atoms with van der Waals surface area (Å²) in [6.45, 7) is 0. The first-order valence-corrected chi connectivity index (χ1v) is 12.9. The van der Waals surface area contributed by atoms with Crippen LogP contribution >= 0.6 is 0 Å². The summed E-state index contributed by atoms with van der Waals surface area (Å²) < 4.78 is 52.6. The van der Waals surface area contributed by atoms with Crippen LogP contribution in [0, 0.1) is 23.3 Å². The maximum absolute atomic E-state index is 13.3.